The molecule has 1 aromatic rings. The number of Topliss-reactive ketones (excluding diaryl/α,β-unsaturated/α-hetero) is 1. The molecule has 1 aromatic carbocycles. The first-order valence-electron chi connectivity index (χ1n) is 12.2. The Balaban J connectivity index is 1.31. The van der Waals surface area contributed by atoms with Crippen LogP contribution >= 0.6 is 0 Å². The number of piperidine rings is 1. The molecule has 1 aliphatic carbocycles. The first kappa shape index (κ1) is 25.6. The van der Waals surface area contributed by atoms with Crippen LogP contribution in [-0.4, -0.2) is 65.0 Å². The average molecular weight is 506 g/mol. The van der Waals surface area contributed by atoms with Crippen LogP contribution in [0.2, 0.25) is 18.1 Å². The maximum Gasteiger partial charge on any atom is 0.414 e. The van der Waals surface area contributed by atoms with E-state index in [9.17, 15) is 14.4 Å². The van der Waals surface area contributed by atoms with E-state index in [0.29, 0.717) is 24.5 Å². The van der Waals surface area contributed by atoms with Gasteiger partial charge >= 0.3 is 6.09 Å². The molecule has 4 atom stereocenters. The van der Waals surface area contributed by atoms with E-state index in [4.69, 9.17) is 9.16 Å². The predicted molar refractivity (Wildman–Crippen MR) is 134 cm³/mol. The maximum atomic E-state index is 15.0. The second kappa shape index (κ2) is 9.20. The highest BCUT2D eigenvalue weighted by atomic mass is 28.4. The number of benzene rings is 1. The van der Waals surface area contributed by atoms with Crippen molar-refractivity contribution in [1.82, 2.24) is 5.32 Å². The number of hydrogen-bond donors (Lipinski definition) is 1. The smallest absolute Gasteiger partial charge is 0.414 e. The van der Waals surface area contributed by atoms with Gasteiger partial charge in [0.2, 0.25) is 5.91 Å². The molecular weight excluding hydrogens is 469 g/mol. The number of anilines is 2. The molecular formula is C25H36FN3O5Si. The lowest BCUT2D eigenvalue weighted by atomic mass is 10.1. The maximum absolute atomic E-state index is 15.0. The highest BCUT2D eigenvalue weighted by Gasteiger charge is 2.59. The number of carbonyl (C=O) groups is 3. The summed E-state index contributed by atoms with van der Waals surface area (Å²) in [6.45, 7) is 14.1. The quantitative estimate of drug-likeness (QED) is 0.544. The Hall–Kier alpha value is -2.46. The number of hydrogen-bond acceptors (Lipinski definition) is 6. The summed E-state index contributed by atoms with van der Waals surface area (Å²) in [5.74, 6) is 0.0527. The van der Waals surface area contributed by atoms with Crippen molar-refractivity contribution in [2.45, 2.75) is 51.9 Å². The average Bonchev–Trinajstić information content (AvgIpc) is 3.07. The highest BCUT2D eigenvalue weighted by Crippen LogP contribution is 2.53. The topological polar surface area (TPSA) is 88.2 Å². The Morgan fingerprint density at radius 3 is 2.43 bits per heavy atom. The van der Waals surface area contributed by atoms with Gasteiger partial charge in [0.05, 0.1) is 31.1 Å². The van der Waals surface area contributed by atoms with Gasteiger partial charge in [0.1, 0.15) is 11.9 Å². The third-order valence-corrected chi connectivity index (χ3v) is 12.5. The molecule has 35 heavy (non-hydrogen) atoms. The number of ether oxygens (including phenoxy) is 1. The van der Waals surface area contributed by atoms with E-state index in [1.54, 1.807) is 12.1 Å². The monoisotopic (exact) mass is 505 g/mol. The second-order valence-corrected chi connectivity index (χ2v) is 16.3. The normalized spacial score (nSPS) is 26.0. The molecule has 1 unspecified atom stereocenters. The molecule has 0 aromatic heterocycles. The van der Waals surface area contributed by atoms with Crippen LogP contribution in [0.3, 0.4) is 0 Å². The van der Waals surface area contributed by atoms with Crippen molar-refractivity contribution in [1.29, 1.82) is 0 Å². The lowest BCUT2D eigenvalue weighted by Crippen LogP contribution is -2.42. The molecule has 2 heterocycles. The summed E-state index contributed by atoms with van der Waals surface area (Å²) in [7, 11) is -1.97. The van der Waals surface area contributed by atoms with Gasteiger partial charge in [-0.25, -0.2) is 9.18 Å². The van der Waals surface area contributed by atoms with Gasteiger partial charge in [-0.1, -0.05) is 20.8 Å². The summed E-state index contributed by atoms with van der Waals surface area (Å²) in [5.41, 5.74) is 0.897. The number of rotatable bonds is 8. The molecule has 0 bridgehead atoms. The Morgan fingerprint density at radius 2 is 1.86 bits per heavy atom. The zero-order valence-electron chi connectivity index (χ0n) is 21.4. The summed E-state index contributed by atoms with van der Waals surface area (Å²) in [6, 6.07) is 4.73. The summed E-state index contributed by atoms with van der Waals surface area (Å²) in [4.78, 5) is 39.4. The number of carbonyl (C=O) groups excluding carboxylic acids is 3. The van der Waals surface area contributed by atoms with E-state index in [0.717, 1.165) is 0 Å². The number of nitrogens with one attached hydrogen (secondary N) is 1. The van der Waals surface area contributed by atoms with Crippen LogP contribution in [-0.2, 0) is 18.8 Å². The number of amides is 2. The zero-order chi connectivity index (χ0) is 25.7. The van der Waals surface area contributed by atoms with Crippen molar-refractivity contribution in [2.24, 2.45) is 17.8 Å². The van der Waals surface area contributed by atoms with E-state index >= 15 is 4.39 Å². The summed E-state index contributed by atoms with van der Waals surface area (Å²) >= 11 is 0. The third kappa shape index (κ3) is 5.23. The molecule has 3 aliphatic rings. The first-order chi connectivity index (χ1) is 16.3. The number of fused-ring (bicyclic) bond motifs is 1. The molecule has 2 saturated heterocycles. The van der Waals surface area contributed by atoms with Crippen LogP contribution in [0.25, 0.3) is 0 Å². The van der Waals surface area contributed by atoms with Crippen LogP contribution < -0.4 is 15.1 Å². The molecule has 1 saturated carbocycles. The van der Waals surface area contributed by atoms with Crippen molar-refractivity contribution in [3.05, 3.63) is 24.0 Å². The Morgan fingerprint density at radius 1 is 1.20 bits per heavy atom. The fourth-order valence-electron chi connectivity index (χ4n) is 4.78. The third-order valence-electron chi connectivity index (χ3n) is 7.98. The fourth-order valence-corrected chi connectivity index (χ4v) is 5.72. The molecule has 0 radical (unpaired) electrons. The van der Waals surface area contributed by atoms with E-state index in [2.05, 4.69) is 39.2 Å². The van der Waals surface area contributed by atoms with Crippen LogP contribution in [0.1, 0.15) is 27.7 Å². The van der Waals surface area contributed by atoms with Gasteiger partial charge in [-0.05, 0) is 48.2 Å². The fraction of sp³-hybridized carbons (Fsp3) is 0.640. The second-order valence-electron chi connectivity index (χ2n) is 11.5. The van der Waals surface area contributed by atoms with Gasteiger partial charge in [-0.15, -0.1) is 0 Å². The Kier molecular flexibility index (Phi) is 6.74. The summed E-state index contributed by atoms with van der Waals surface area (Å²) < 4.78 is 26.4. The van der Waals surface area contributed by atoms with E-state index in [1.807, 2.05) is 4.90 Å². The largest absolute Gasteiger partial charge is 0.442 e. The van der Waals surface area contributed by atoms with Crippen LogP contribution in [0.15, 0.2) is 18.2 Å². The standard InChI is InChI=1S/C25H36FN3O5Si/c1-15(30)27-10-17-11-29(24(32)34-17)16-7-8-21(20(26)9-16)28-12-18-19(13-28)23(18)22(31)14-33-35(5,6)25(2,3)4/h7-9,17-19,23H,10-14H2,1-6H3,(H,27,30)/t17-,18-,19+,23?/m0/s1. The molecule has 3 fully saturated rings. The van der Waals surface area contributed by atoms with Crippen molar-refractivity contribution < 1.29 is 27.9 Å². The number of halogens is 1. The molecule has 8 nitrogen and oxygen atoms in total. The van der Waals surface area contributed by atoms with Gasteiger partial charge in [0.25, 0.3) is 0 Å². The highest BCUT2D eigenvalue weighted by molar-refractivity contribution is 6.74. The van der Waals surface area contributed by atoms with Gasteiger partial charge in [0, 0.05) is 25.9 Å². The Labute approximate surface area is 207 Å². The first-order valence-corrected chi connectivity index (χ1v) is 15.1. The van der Waals surface area contributed by atoms with Crippen molar-refractivity contribution in [2.75, 3.05) is 42.6 Å². The van der Waals surface area contributed by atoms with Gasteiger partial charge in [-0.3, -0.25) is 14.5 Å². The van der Waals surface area contributed by atoms with Crippen LogP contribution in [0, 0.1) is 23.6 Å². The summed E-state index contributed by atoms with van der Waals surface area (Å²) in [6.07, 6.45) is -1.04. The molecule has 4 rings (SSSR count). The minimum atomic E-state index is -1.97. The summed E-state index contributed by atoms with van der Waals surface area (Å²) in [5, 5.41) is 2.69. The van der Waals surface area contributed by atoms with Crippen LogP contribution in [0.4, 0.5) is 20.6 Å². The SMILES string of the molecule is CC(=O)NC[C@H]1CN(c2ccc(N3C[C@@H]4C(C(=O)CO[Si](C)(C)C(C)(C)C)[C@@H]4C3)c(F)c2)C(=O)O1. The molecule has 0 spiro atoms. The van der Waals surface area contributed by atoms with Gasteiger partial charge in [-0.2, -0.15) is 0 Å². The lowest BCUT2D eigenvalue weighted by molar-refractivity contribution is -0.123. The molecule has 1 N–H and O–H groups in total. The predicted octanol–water partition coefficient (Wildman–Crippen LogP) is 3.56. The lowest BCUT2D eigenvalue weighted by Gasteiger charge is -2.36. The Bertz CT molecular complexity index is 1010. The minimum absolute atomic E-state index is 0.0123. The number of nitrogens with zero attached hydrogens (tertiary/aromatic N) is 2. The molecule has 2 aliphatic heterocycles. The molecule has 2 amide bonds. The van der Waals surface area contributed by atoms with Crippen molar-refractivity contribution in [3.8, 4) is 0 Å². The number of cyclic esters (lactones) is 1. The van der Waals surface area contributed by atoms with E-state index in [-0.39, 0.29) is 54.2 Å². The number of ketones is 1. The molecule has 10 heteroatoms. The van der Waals surface area contributed by atoms with Gasteiger partial charge in [0.15, 0.2) is 14.1 Å². The molecule has 192 valence electrons. The zero-order valence-corrected chi connectivity index (χ0v) is 22.4. The van der Waals surface area contributed by atoms with E-state index < -0.39 is 26.3 Å². The minimum Gasteiger partial charge on any atom is -0.442 e. The van der Waals surface area contributed by atoms with Crippen molar-refractivity contribution in [3.63, 3.8) is 0 Å². The van der Waals surface area contributed by atoms with Crippen LogP contribution in [0.5, 0.6) is 0 Å². The van der Waals surface area contributed by atoms with Gasteiger partial charge < -0.3 is 19.4 Å². The van der Waals surface area contributed by atoms with E-state index in [1.165, 1.54) is 17.9 Å². The van der Waals surface area contributed by atoms with Crippen molar-refractivity contribution >= 4 is 37.5 Å².